The van der Waals surface area contributed by atoms with Crippen molar-refractivity contribution in [1.29, 1.82) is 0 Å². The lowest BCUT2D eigenvalue weighted by molar-refractivity contribution is -0.166. The molecule has 6 amide bonds. The molecule has 5 atom stereocenters. The van der Waals surface area contributed by atoms with Gasteiger partial charge in [-0.05, 0) is 104 Å². The Balaban J connectivity index is 1.22. The van der Waals surface area contributed by atoms with E-state index < -0.39 is 109 Å². The van der Waals surface area contributed by atoms with Gasteiger partial charge in [0.15, 0.2) is 18.1 Å². The van der Waals surface area contributed by atoms with E-state index in [9.17, 15) is 48.3 Å². The van der Waals surface area contributed by atoms with Gasteiger partial charge in [0.2, 0.25) is 29.4 Å². The molecule has 2 aliphatic heterocycles. The van der Waals surface area contributed by atoms with Gasteiger partial charge in [-0.15, -0.1) is 0 Å². The van der Waals surface area contributed by atoms with E-state index in [2.05, 4.69) is 10.6 Å². The van der Waals surface area contributed by atoms with E-state index in [1.165, 1.54) is 75.1 Å². The number of hydrogen-bond donors (Lipinski definition) is 3. The Morgan fingerprint density at radius 2 is 1.27 bits per heavy atom. The fourth-order valence-electron chi connectivity index (χ4n) is 10.5. The highest BCUT2D eigenvalue weighted by atomic mass is 16.5. The average molecular weight is 1240 g/mol. The smallest absolute Gasteiger partial charge is 0.330 e. The summed E-state index contributed by atoms with van der Waals surface area (Å²) in [4.78, 5) is 135. The Kier molecular flexibility index (Phi) is 24.2. The van der Waals surface area contributed by atoms with Crippen LogP contribution in [-0.4, -0.2) is 195 Å². The Labute approximate surface area is 525 Å². The lowest BCUT2D eigenvalue weighted by atomic mass is 9.87. The van der Waals surface area contributed by atoms with E-state index in [1.54, 1.807) is 105 Å². The second kappa shape index (κ2) is 32.1. The third-order valence-electron chi connectivity index (χ3n) is 15.9. The van der Waals surface area contributed by atoms with Crippen molar-refractivity contribution < 1.29 is 71.9 Å². The Morgan fingerprint density at radius 1 is 0.644 bits per heavy atom. The van der Waals surface area contributed by atoms with E-state index in [1.807, 2.05) is 29.2 Å². The molecule has 7 rings (SSSR count). The zero-order valence-corrected chi connectivity index (χ0v) is 52.3. The molecule has 0 spiro atoms. The molecule has 5 aromatic carbocycles. The van der Waals surface area contributed by atoms with Gasteiger partial charge in [0.25, 0.3) is 11.8 Å². The second-order valence-corrected chi connectivity index (χ2v) is 23.2. The lowest BCUT2D eigenvalue weighted by Gasteiger charge is -2.39. The first-order chi connectivity index (χ1) is 43.0. The number of nitrogens with zero attached hydrogens (tertiary/aromatic N) is 5. The van der Waals surface area contributed by atoms with Crippen LogP contribution >= 0.6 is 0 Å². The van der Waals surface area contributed by atoms with Crippen LogP contribution in [0.3, 0.4) is 0 Å². The van der Waals surface area contributed by atoms with Crippen molar-refractivity contribution in [3.63, 3.8) is 0 Å². The topological polar surface area (TPSA) is 260 Å². The minimum Gasteiger partial charge on any atom is -0.508 e. The number of carbonyl (C=O) groups excluding carboxylic acids is 9. The highest BCUT2D eigenvalue weighted by Gasteiger charge is 2.44. The van der Waals surface area contributed by atoms with Gasteiger partial charge in [0.1, 0.15) is 48.4 Å². The maximum atomic E-state index is 14.9. The number of piperazine rings is 1. The molecule has 0 unspecified atom stereocenters. The number of likely N-dealkylation sites (N-methyl/N-ethyl adjacent to an activating group) is 4. The summed E-state index contributed by atoms with van der Waals surface area (Å²) in [5, 5.41) is 15.9. The lowest BCUT2D eigenvalue weighted by Crippen LogP contribution is -2.60. The number of carbonyl (C=O) groups is 9. The molecular formula is C68H81N7O15. The number of phenolic OH excluding ortho intramolecular Hbond substituents is 1. The molecule has 1 saturated heterocycles. The van der Waals surface area contributed by atoms with E-state index in [-0.39, 0.29) is 63.2 Å². The predicted octanol–water partition coefficient (Wildman–Crippen LogP) is 4.69. The van der Waals surface area contributed by atoms with Crippen LogP contribution in [0.2, 0.25) is 0 Å². The molecule has 0 aromatic heterocycles. The highest BCUT2D eigenvalue weighted by molar-refractivity contribution is 6.38. The quantitative estimate of drug-likeness (QED) is 0.120. The van der Waals surface area contributed by atoms with Gasteiger partial charge >= 0.3 is 11.9 Å². The largest absolute Gasteiger partial charge is 0.508 e. The third-order valence-corrected chi connectivity index (χ3v) is 15.9. The molecule has 1 fully saturated rings. The van der Waals surface area contributed by atoms with E-state index in [4.69, 9.17) is 23.7 Å². The summed E-state index contributed by atoms with van der Waals surface area (Å²) in [6, 6.07) is 31.2. The minimum atomic E-state index is -1.54. The first-order valence-electron chi connectivity index (χ1n) is 29.8. The number of benzene rings is 5. The Morgan fingerprint density at radius 3 is 1.92 bits per heavy atom. The maximum absolute atomic E-state index is 14.9. The fourth-order valence-corrected chi connectivity index (χ4v) is 10.5. The summed E-state index contributed by atoms with van der Waals surface area (Å²) in [6.07, 6.45) is 2.38. The molecule has 5 aromatic rings. The van der Waals surface area contributed by atoms with Gasteiger partial charge < -0.3 is 63.9 Å². The Hall–Kier alpha value is -9.57. The molecule has 22 heteroatoms. The molecule has 0 aliphatic carbocycles. The number of aromatic hydroxyl groups is 1. The van der Waals surface area contributed by atoms with Crippen LogP contribution in [0.15, 0.2) is 140 Å². The van der Waals surface area contributed by atoms with Gasteiger partial charge in [0, 0.05) is 72.7 Å². The van der Waals surface area contributed by atoms with Crippen LogP contribution in [0.1, 0.15) is 60.6 Å². The standard InChI is InChI=1S/C68H81N7O15/c1-68(2)44-89-61(79)24-15-16-33-72(4)64(82)52(36-45-18-11-9-12-19-45)69-59(77)42-73(5)65(83)53(37-46-20-13-10-14-21-46)70-63(81)54(38-47-25-29-50(76)30-26-47)74(6)60(78)43-88-51-23-17-22-49(40-51)56(31-27-48-28-32-57(86-7)58(39-48)87-8)90-67(85)55-41-71(3)34-35-75(55)66(84)62(68)80/h9-15,17-26,28-30,32,39-40,52-56,76H,16,27,31,33-38,41-44H2,1-8H3,(H,69,77)(H,70,81)/t52-,53-,54+,55+,56-/m1/s1. The van der Waals surface area contributed by atoms with Gasteiger partial charge in [0.05, 0.1) is 26.2 Å². The van der Waals surface area contributed by atoms with Crippen LogP contribution in [0, 0.1) is 5.41 Å². The molecule has 478 valence electrons. The molecule has 2 bridgehead atoms. The molecule has 0 radical (unpaired) electrons. The minimum absolute atomic E-state index is 0.000923. The summed E-state index contributed by atoms with van der Waals surface area (Å²) in [6.45, 7) is 1.79. The SMILES string of the molecule is COc1ccc(CC[C@H]2OC(=O)[C@@H]3CN(C)CCN3C(=O)C(=O)C(C)(C)COC(=O)C=CCCN(C)C(=O)[C@@H](Cc3ccccc3)NC(=O)CN(C)C(=O)[C@@H](Cc3ccccc3)NC(=O)[C@H](Cc3ccc(O)cc3)N(C)C(=O)COc3cccc2c3)cc1OC. The number of esters is 2. The average Bonchev–Trinajstić information content (AvgIpc) is 1.38. The van der Waals surface area contributed by atoms with Crippen LogP contribution in [0.4, 0.5) is 0 Å². The number of hydrogen-bond acceptors (Lipinski definition) is 16. The van der Waals surface area contributed by atoms with E-state index >= 15 is 0 Å². The second-order valence-electron chi connectivity index (χ2n) is 23.2. The Bertz CT molecular complexity index is 3360. The molecular weight excluding hydrogens is 1150 g/mol. The van der Waals surface area contributed by atoms with E-state index in [0.29, 0.717) is 41.2 Å². The predicted molar refractivity (Wildman–Crippen MR) is 333 cm³/mol. The number of amides is 6. The first-order valence-corrected chi connectivity index (χ1v) is 29.8. The number of nitrogens with one attached hydrogen (secondary N) is 2. The van der Waals surface area contributed by atoms with Crippen LogP contribution in [-0.2, 0) is 78.3 Å². The number of cyclic esters (lactones) is 2. The van der Waals surface area contributed by atoms with Crippen molar-refractivity contribution in [2.24, 2.45) is 5.41 Å². The number of methoxy groups -OCH3 is 2. The normalized spacial score (nSPS) is 21.2. The van der Waals surface area contributed by atoms with Crippen molar-refractivity contribution in [3.8, 4) is 23.0 Å². The van der Waals surface area contributed by atoms with Crippen molar-refractivity contribution in [1.82, 2.24) is 35.1 Å². The van der Waals surface area contributed by atoms with Crippen molar-refractivity contribution in [2.75, 3.05) is 88.3 Å². The van der Waals surface area contributed by atoms with Crippen LogP contribution in [0.5, 0.6) is 23.0 Å². The number of ketones is 1. The number of aryl methyl sites for hydroxylation is 1. The number of ether oxygens (including phenoxy) is 5. The number of Topliss-reactive ketones (excluding diaryl/α,β-unsaturated/α-hetero) is 1. The van der Waals surface area contributed by atoms with Gasteiger partial charge in [-0.2, -0.15) is 0 Å². The number of phenols is 1. The van der Waals surface area contributed by atoms with Gasteiger partial charge in [-0.3, -0.25) is 33.6 Å². The van der Waals surface area contributed by atoms with E-state index in [0.717, 1.165) is 22.1 Å². The molecule has 3 N–H and O–H groups in total. The number of rotatable bonds is 11. The summed E-state index contributed by atoms with van der Waals surface area (Å²) >= 11 is 0. The monoisotopic (exact) mass is 1240 g/mol. The summed E-state index contributed by atoms with van der Waals surface area (Å²) in [7, 11) is 9.19. The maximum Gasteiger partial charge on any atom is 0.330 e. The van der Waals surface area contributed by atoms with Crippen molar-refractivity contribution >= 4 is 53.2 Å². The van der Waals surface area contributed by atoms with Crippen molar-refractivity contribution in [3.05, 3.63) is 167 Å². The summed E-state index contributed by atoms with van der Waals surface area (Å²) in [5.41, 5.74) is 1.72. The van der Waals surface area contributed by atoms with Gasteiger partial charge in [-0.1, -0.05) is 97.1 Å². The summed E-state index contributed by atoms with van der Waals surface area (Å²) in [5.74, 6) is -5.45. The third kappa shape index (κ3) is 19.0. The fraction of sp³-hybridized carbons (Fsp3) is 0.397. The molecule has 2 aliphatic rings. The molecule has 2 heterocycles. The number of fused-ring (bicyclic) bond motifs is 3. The van der Waals surface area contributed by atoms with Crippen LogP contribution < -0.4 is 24.8 Å². The molecule has 0 saturated carbocycles. The molecule has 90 heavy (non-hydrogen) atoms. The van der Waals surface area contributed by atoms with Gasteiger partial charge in [-0.25, -0.2) is 9.59 Å². The van der Waals surface area contributed by atoms with Crippen LogP contribution in [0.25, 0.3) is 0 Å². The zero-order valence-electron chi connectivity index (χ0n) is 52.3. The van der Waals surface area contributed by atoms with Crippen molar-refractivity contribution in [2.45, 2.75) is 82.6 Å². The first kappa shape index (κ1) is 67.9. The summed E-state index contributed by atoms with van der Waals surface area (Å²) < 4.78 is 29.0. The zero-order chi connectivity index (χ0) is 65.1. The molecule has 22 nitrogen and oxygen atoms in total. The highest BCUT2D eigenvalue weighted by Crippen LogP contribution is 2.32.